The van der Waals surface area contributed by atoms with E-state index in [1.165, 1.54) is 0 Å². The predicted octanol–water partition coefficient (Wildman–Crippen LogP) is 4.74. The van der Waals surface area contributed by atoms with Crippen LogP contribution in [0.4, 0.5) is 0 Å². The molecule has 0 aliphatic carbocycles. The van der Waals surface area contributed by atoms with Gasteiger partial charge in [0.25, 0.3) is 0 Å². The minimum atomic E-state index is -0.665. The van der Waals surface area contributed by atoms with E-state index in [4.69, 9.17) is 14.2 Å². The van der Waals surface area contributed by atoms with Crippen LogP contribution in [0.1, 0.15) is 63.2 Å². The number of alkyl halides is 1. The highest BCUT2D eigenvalue weighted by Gasteiger charge is 2.36. The van der Waals surface area contributed by atoms with Crippen LogP contribution in [0.3, 0.4) is 0 Å². The van der Waals surface area contributed by atoms with E-state index in [9.17, 15) is 9.59 Å². The largest absolute Gasteiger partial charge is 0.486 e. The Morgan fingerprint density at radius 2 is 2.12 bits per heavy atom. The zero-order valence-corrected chi connectivity index (χ0v) is 17.8. The van der Waals surface area contributed by atoms with Crippen molar-refractivity contribution in [2.24, 2.45) is 0 Å². The van der Waals surface area contributed by atoms with Crippen LogP contribution in [-0.2, 0) is 9.53 Å². The normalized spacial score (nSPS) is 20.1. The van der Waals surface area contributed by atoms with Gasteiger partial charge in [-0.25, -0.2) is 4.79 Å². The number of halogens is 1. The molecule has 2 unspecified atom stereocenters. The summed E-state index contributed by atoms with van der Waals surface area (Å²) in [6, 6.07) is 5.14. The molecule has 1 aromatic carbocycles. The summed E-state index contributed by atoms with van der Waals surface area (Å²) < 4.78 is 18.1. The van der Waals surface area contributed by atoms with Gasteiger partial charge >= 0.3 is 5.97 Å². The van der Waals surface area contributed by atoms with Crippen molar-refractivity contribution in [1.29, 1.82) is 0 Å². The molecule has 0 saturated carbocycles. The quantitative estimate of drug-likeness (QED) is 0.224. The van der Waals surface area contributed by atoms with E-state index in [2.05, 4.69) is 22.6 Å². The molecule has 0 N–H and O–H groups in total. The van der Waals surface area contributed by atoms with Crippen molar-refractivity contribution in [3.05, 3.63) is 23.8 Å². The topological polar surface area (TPSA) is 61.8 Å². The fraction of sp³-hybridized carbons (Fsp3) is 0.600. The molecule has 144 valence electrons. The van der Waals surface area contributed by atoms with E-state index in [0.29, 0.717) is 36.5 Å². The number of Topliss-reactive ketones (excluding diaryl/α,β-unsaturated/α-hetero) is 1. The summed E-state index contributed by atoms with van der Waals surface area (Å²) >= 11 is 2.36. The molecular weight excluding hydrogens is 447 g/mol. The highest BCUT2D eigenvalue weighted by Crippen LogP contribution is 2.38. The third-order valence-electron chi connectivity index (χ3n) is 4.43. The van der Waals surface area contributed by atoms with Crippen LogP contribution in [0.15, 0.2) is 18.2 Å². The van der Waals surface area contributed by atoms with Gasteiger partial charge < -0.3 is 14.2 Å². The maximum absolute atomic E-state index is 12.5. The molecule has 0 spiro atoms. The Kier molecular flexibility index (Phi) is 7.73. The number of ketones is 1. The first kappa shape index (κ1) is 21.0. The summed E-state index contributed by atoms with van der Waals surface area (Å²) in [5, 5.41) is 0. The van der Waals surface area contributed by atoms with E-state index < -0.39 is 11.7 Å². The lowest BCUT2D eigenvalue weighted by atomic mass is 9.87. The number of hydrogen-bond donors (Lipinski definition) is 0. The van der Waals surface area contributed by atoms with Crippen LogP contribution in [0, 0.1) is 0 Å². The summed E-state index contributed by atoms with van der Waals surface area (Å²) in [6.45, 7) is 5.93. The van der Waals surface area contributed by atoms with E-state index >= 15 is 0 Å². The Morgan fingerprint density at radius 3 is 2.77 bits per heavy atom. The van der Waals surface area contributed by atoms with Crippen molar-refractivity contribution in [1.82, 2.24) is 0 Å². The van der Waals surface area contributed by atoms with Crippen LogP contribution in [0.2, 0.25) is 0 Å². The molecule has 6 heteroatoms. The third kappa shape index (κ3) is 5.34. The Balaban J connectivity index is 2.15. The summed E-state index contributed by atoms with van der Waals surface area (Å²) in [6.07, 6.45) is 3.21. The number of unbranched alkanes of at least 4 members (excludes halogenated alkanes) is 1. The second kappa shape index (κ2) is 9.58. The van der Waals surface area contributed by atoms with Crippen molar-refractivity contribution < 1.29 is 23.8 Å². The SMILES string of the molecule is CCOC(=O)C(CC)Oc1ccc2c(c1)OC(C)(CCCCI)CC2=O. The number of rotatable bonds is 9. The molecule has 2 rings (SSSR count). The van der Waals surface area contributed by atoms with Gasteiger partial charge in [0.15, 0.2) is 11.9 Å². The molecule has 2 atom stereocenters. The molecule has 1 aliphatic rings. The Bertz CT molecular complexity index is 645. The van der Waals surface area contributed by atoms with Crippen LogP contribution in [-0.4, -0.2) is 34.5 Å². The molecule has 1 aliphatic heterocycles. The van der Waals surface area contributed by atoms with Gasteiger partial charge in [-0.1, -0.05) is 29.5 Å². The summed E-state index contributed by atoms with van der Waals surface area (Å²) in [5.74, 6) is 0.753. The first-order valence-corrected chi connectivity index (χ1v) is 10.7. The van der Waals surface area contributed by atoms with E-state index in [-0.39, 0.29) is 11.8 Å². The molecule has 5 nitrogen and oxygen atoms in total. The summed E-state index contributed by atoms with van der Waals surface area (Å²) in [4.78, 5) is 24.5. The van der Waals surface area contributed by atoms with Gasteiger partial charge in [0.05, 0.1) is 18.6 Å². The van der Waals surface area contributed by atoms with E-state index in [1.807, 2.05) is 13.8 Å². The molecule has 0 amide bonds. The van der Waals surface area contributed by atoms with Crippen LogP contribution >= 0.6 is 22.6 Å². The molecule has 0 fully saturated rings. The molecule has 0 bridgehead atoms. The van der Waals surface area contributed by atoms with Crippen molar-refractivity contribution in [2.45, 2.75) is 64.6 Å². The highest BCUT2D eigenvalue weighted by atomic mass is 127. The lowest BCUT2D eigenvalue weighted by molar-refractivity contribution is -0.151. The van der Waals surface area contributed by atoms with Gasteiger partial charge in [0.1, 0.15) is 17.1 Å². The molecule has 1 aromatic rings. The fourth-order valence-electron chi connectivity index (χ4n) is 3.06. The van der Waals surface area contributed by atoms with Crippen LogP contribution in [0.25, 0.3) is 0 Å². The van der Waals surface area contributed by atoms with Gasteiger partial charge in [-0.2, -0.15) is 0 Å². The van der Waals surface area contributed by atoms with Gasteiger partial charge in [-0.3, -0.25) is 4.79 Å². The van der Waals surface area contributed by atoms with Gasteiger partial charge in [-0.15, -0.1) is 0 Å². The minimum absolute atomic E-state index is 0.0900. The molecule has 1 heterocycles. The number of esters is 1. The lowest BCUT2D eigenvalue weighted by Gasteiger charge is -2.35. The molecule has 0 radical (unpaired) electrons. The van der Waals surface area contributed by atoms with Crippen molar-refractivity contribution in [3.63, 3.8) is 0 Å². The molecule has 26 heavy (non-hydrogen) atoms. The Hall–Kier alpha value is -1.31. The minimum Gasteiger partial charge on any atom is -0.486 e. The first-order valence-electron chi connectivity index (χ1n) is 9.18. The maximum atomic E-state index is 12.5. The van der Waals surface area contributed by atoms with Crippen LogP contribution < -0.4 is 9.47 Å². The second-order valence-electron chi connectivity index (χ2n) is 6.72. The number of ether oxygens (including phenoxy) is 3. The van der Waals surface area contributed by atoms with Gasteiger partial charge in [-0.05, 0) is 56.1 Å². The highest BCUT2D eigenvalue weighted by molar-refractivity contribution is 14.1. The third-order valence-corrected chi connectivity index (χ3v) is 5.20. The number of benzene rings is 1. The zero-order chi connectivity index (χ0) is 19.2. The van der Waals surface area contributed by atoms with E-state index in [1.54, 1.807) is 25.1 Å². The van der Waals surface area contributed by atoms with E-state index in [0.717, 1.165) is 23.7 Å². The van der Waals surface area contributed by atoms with Gasteiger partial charge in [0, 0.05) is 6.07 Å². The zero-order valence-electron chi connectivity index (χ0n) is 15.7. The average molecular weight is 474 g/mol. The van der Waals surface area contributed by atoms with Gasteiger partial charge in [0.2, 0.25) is 0 Å². The summed E-state index contributed by atoms with van der Waals surface area (Å²) in [5.41, 5.74) is 0.0905. The molecule has 0 aromatic heterocycles. The average Bonchev–Trinajstić information content (AvgIpc) is 2.59. The smallest absolute Gasteiger partial charge is 0.347 e. The lowest BCUT2D eigenvalue weighted by Crippen LogP contribution is -2.39. The Labute approximate surface area is 168 Å². The van der Waals surface area contributed by atoms with Crippen molar-refractivity contribution in [2.75, 3.05) is 11.0 Å². The van der Waals surface area contributed by atoms with Crippen LogP contribution in [0.5, 0.6) is 11.5 Å². The molecular formula is C20H27IO5. The number of fused-ring (bicyclic) bond motifs is 1. The van der Waals surface area contributed by atoms with Crippen molar-refractivity contribution in [3.8, 4) is 11.5 Å². The number of carbonyl (C=O) groups excluding carboxylic acids is 2. The first-order chi connectivity index (χ1) is 12.4. The molecule has 0 saturated heterocycles. The monoisotopic (exact) mass is 474 g/mol. The Morgan fingerprint density at radius 1 is 1.35 bits per heavy atom. The van der Waals surface area contributed by atoms with Crippen molar-refractivity contribution >= 4 is 34.3 Å². The number of carbonyl (C=O) groups is 2. The standard InChI is InChI=1S/C20H27IO5/c1-4-17(19(23)24-5-2)25-14-8-9-15-16(22)13-20(3,10-6-7-11-21)26-18(15)12-14/h8-9,12,17H,4-7,10-11,13H2,1-3H3. The summed E-state index contributed by atoms with van der Waals surface area (Å²) in [7, 11) is 0. The maximum Gasteiger partial charge on any atom is 0.347 e. The number of hydrogen-bond acceptors (Lipinski definition) is 5. The predicted molar refractivity (Wildman–Crippen MR) is 109 cm³/mol. The fourth-order valence-corrected chi connectivity index (χ4v) is 3.60. The second-order valence-corrected chi connectivity index (χ2v) is 7.80.